The lowest BCUT2D eigenvalue weighted by atomic mass is 10.2. The van der Waals surface area contributed by atoms with Gasteiger partial charge >= 0.3 is 0 Å². The summed E-state index contributed by atoms with van der Waals surface area (Å²) in [6.45, 7) is 0.566. The van der Waals surface area contributed by atoms with Crippen molar-refractivity contribution in [3.8, 4) is 5.75 Å². The molecule has 0 unspecified atom stereocenters. The van der Waals surface area contributed by atoms with E-state index in [-0.39, 0.29) is 5.91 Å². The average molecular weight is 245 g/mol. The van der Waals surface area contributed by atoms with E-state index in [9.17, 15) is 4.79 Å². The van der Waals surface area contributed by atoms with Crippen LogP contribution in [0.15, 0.2) is 47.3 Å². The molecule has 0 bridgehead atoms. The van der Waals surface area contributed by atoms with Gasteiger partial charge in [-0.2, -0.15) is 0 Å². The van der Waals surface area contributed by atoms with Crippen LogP contribution in [0.4, 0.5) is 0 Å². The monoisotopic (exact) mass is 245 g/mol. The first-order valence-electron chi connectivity index (χ1n) is 5.73. The Balaban J connectivity index is 1.91. The van der Waals surface area contributed by atoms with Gasteiger partial charge in [0.1, 0.15) is 5.75 Å². The standard InChI is InChI=1S/C14H15NO3/c1-17-13-5-3-2-4-12(13)14(16)15-8-6-11-7-9-18-10-11/h2-5,7,9-10H,6,8H2,1H3,(H,15,16). The van der Waals surface area contributed by atoms with Gasteiger partial charge in [-0.05, 0) is 30.2 Å². The van der Waals surface area contributed by atoms with Crippen molar-refractivity contribution in [1.29, 1.82) is 0 Å². The highest BCUT2D eigenvalue weighted by Gasteiger charge is 2.10. The van der Waals surface area contributed by atoms with Crippen molar-refractivity contribution >= 4 is 5.91 Å². The van der Waals surface area contributed by atoms with Crippen molar-refractivity contribution in [1.82, 2.24) is 5.32 Å². The van der Waals surface area contributed by atoms with Gasteiger partial charge < -0.3 is 14.5 Å². The first-order valence-corrected chi connectivity index (χ1v) is 5.73. The van der Waals surface area contributed by atoms with Gasteiger partial charge in [0.05, 0.1) is 25.2 Å². The van der Waals surface area contributed by atoms with E-state index in [0.717, 1.165) is 12.0 Å². The van der Waals surface area contributed by atoms with E-state index >= 15 is 0 Å². The van der Waals surface area contributed by atoms with Gasteiger partial charge in [0.15, 0.2) is 0 Å². The molecule has 1 heterocycles. The van der Waals surface area contributed by atoms with E-state index in [0.29, 0.717) is 17.9 Å². The van der Waals surface area contributed by atoms with Crippen LogP contribution in [0.25, 0.3) is 0 Å². The maximum absolute atomic E-state index is 11.9. The van der Waals surface area contributed by atoms with E-state index in [1.807, 2.05) is 18.2 Å². The number of furan rings is 1. The Kier molecular flexibility index (Phi) is 4.02. The van der Waals surface area contributed by atoms with Crippen LogP contribution >= 0.6 is 0 Å². The molecule has 0 aliphatic carbocycles. The number of para-hydroxylation sites is 1. The van der Waals surface area contributed by atoms with E-state index in [1.165, 1.54) is 0 Å². The number of amides is 1. The Hall–Kier alpha value is -2.23. The highest BCUT2D eigenvalue weighted by atomic mass is 16.5. The molecular weight excluding hydrogens is 230 g/mol. The predicted molar refractivity (Wildman–Crippen MR) is 67.7 cm³/mol. The van der Waals surface area contributed by atoms with Crippen LogP contribution < -0.4 is 10.1 Å². The van der Waals surface area contributed by atoms with Crippen molar-refractivity contribution in [2.45, 2.75) is 6.42 Å². The molecule has 0 fully saturated rings. The Labute approximate surface area is 106 Å². The lowest BCUT2D eigenvalue weighted by molar-refractivity contribution is 0.0951. The maximum Gasteiger partial charge on any atom is 0.255 e. The number of hydrogen-bond donors (Lipinski definition) is 1. The fourth-order valence-electron chi connectivity index (χ4n) is 1.68. The zero-order valence-corrected chi connectivity index (χ0v) is 10.2. The predicted octanol–water partition coefficient (Wildman–Crippen LogP) is 2.26. The molecule has 0 radical (unpaired) electrons. The molecule has 4 nitrogen and oxygen atoms in total. The summed E-state index contributed by atoms with van der Waals surface area (Å²) in [5, 5.41) is 2.85. The normalized spacial score (nSPS) is 10.1. The van der Waals surface area contributed by atoms with Crippen molar-refractivity contribution in [3.63, 3.8) is 0 Å². The fourth-order valence-corrected chi connectivity index (χ4v) is 1.68. The van der Waals surface area contributed by atoms with Crippen molar-refractivity contribution in [3.05, 3.63) is 54.0 Å². The second-order valence-corrected chi connectivity index (χ2v) is 3.84. The molecule has 0 spiro atoms. The van der Waals surface area contributed by atoms with Gasteiger partial charge in [-0.3, -0.25) is 4.79 Å². The Morgan fingerprint density at radius 1 is 1.33 bits per heavy atom. The first-order chi connectivity index (χ1) is 8.81. The summed E-state index contributed by atoms with van der Waals surface area (Å²) in [7, 11) is 1.55. The second kappa shape index (κ2) is 5.91. The summed E-state index contributed by atoms with van der Waals surface area (Å²) in [4.78, 5) is 11.9. The number of carbonyl (C=O) groups is 1. The van der Waals surface area contributed by atoms with Crippen LogP contribution in [0.5, 0.6) is 5.75 Å². The third-order valence-corrected chi connectivity index (χ3v) is 2.63. The lowest BCUT2D eigenvalue weighted by Gasteiger charge is -2.08. The molecular formula is C14H15NO3. The highest BCUT2D eigenvalue weighted by Crippen LogP contribution is 2.16. The molecule has 0 atom stereocenters. The van der Waals surface area contributed by atoms with Crippen molar-refractivity contribution in [2.75, 3.05) is 13.7 Å². The molecule has 0 saturated heterocycles. The minimum atomic E-state index is -0.129. The Bertz CT molecular complexity index is 506. The number of hydrogen-bond acceptors (Lipinski definition) is 3. The molecule has 0 saturated carbocycles. The number of ether oxygens (including phenoxy) is 1. The Morgan fingerprint density at radius 3 is 2.89 bits per heavy atom. The van der Waals surface area contributed by atoms with E-state index in [1.54, 1.807) is 31.8 Å². The van der Waals surface area contributed by atoms with Crippen LogP contribution in [-0.2, 0) is 6.42 Å². The van der Waals surface area contributed by atoms with Gasteiger partial charge in [-0.1, -0.05) is 12.1 Å². The maximum atomic E-state index is 11.9. The van der Waals surface area contributed by atoms with Crippen molar-refractivity contribution in [2.24, 2.45) is 0 Å². The third kappa shape index (κ3) is 2.91. The number of methoxy groups -OCH3 is 1. The van der Waals surface area contributed by atoms with Gasteiger partial charge in [-0.25, -0.2) is 0 Å². The fraction of sp³-hybridized carbons (Fsp3) is 0.214. The second-order valence-electron chi connectivity index (χ2n) is 3.84. The number of carbonyl (C=O) groups excluding carboxylic acids is 1. The average Bonchev–Trinajstić information content (AvgIpc) is 2.91. The van der Waals surface area contributed by atoms with Gasteiger partial charge in [0.25, 0.3) is 5.91 Å². The molecule has 2 rings (SSSR count). The van der Waals surface area contributed by atoms with Crippen LogP contribution in [-0.4, -0.2) is 19.6 Å². The molecule has 1 aromatic heterocycles. The summed E-state index contributed by atoms with van der Waals surface area (Å²) < 4.78 is 10.1. The van der Waals surface area contributed by atoms with Crippen LogP contribution in [0.1, 0.15) is 15.9 Å². The molecule has 1 aromatic carbocycles. The SMILES string of the molecule is COc1ccccc1C(=O)NCCc1ccoc1. The number of benzene rings is 1. The molecule has 1 N–H and O–H groups in total. The molecule has 94 valence electrons. The van der Waals surface area contributed by atoms with Crippen LogP contribution in [0.3, 0.4) is 0 Å². The van der Waals surface area contributed by atoms with Crippen LogP contribution in [0, 0.1) is 0 Å². The summed E-state index contributed by atoms with van der Waals surface area (Å²) in [6.07, 6.45) is 4.05. The molecule has 4 heteroatoms. The quantitative estimate of drug-likeness (QED) is 0.879. The van der Waals surface area contributed by atoms with Crippen molar-refractivity contribution < 1.29 is 13.9 Å². The topological polar surface area (TPSA) is 51.5 Å². The summed E-state index contributed by atoms with van der Waals surface area (Å²) >= 11 is 0. The lowest BCUT2D eigenvalue weighted by Crippen LogP contribution is -2.26. The summed E-state index contributed by atoms with van der Waals surface area (Å²) in [5.74, 6) is 0.453. The molecule has 2 aromatic rings. The molecule has 18 heavy (non-hydrogen) atoms. The summed E-state index contributed by atoms with van der Waals surface area (Å²) in [6, 6.07) is 9.04. The van der Waals surface area contributed by atoms with Gasteiger partial charge in [0.2, 0.25) is 0 Å². The van der Waals surface area contributed by atoms with Gasteiger partial charge in [0, 0.05) is 6.54 Å². The molecule has 1 amide bonds. The van der Waals surface area contributed by atoms with E-state index in [4.69, 9.17) is 9.15 Å². The zero-order valence-electron chi connectivity index (χ0n) is 10.2. The minimum absolute atomic E-state index is 0.129. The number of nitrogens with one attached hydrogen (secondary N) is 1. The molecule has 0 aliphatic heterocycles. The largest absolute Gasteiger partial charge is 0.496 e. The molecule has 0 aliphatic rings. The number of rotatable bonds is 5. The zero-order chi connectivity index (χ0) is 12.8. The van der Waals surface area contributed by atoms with Crippen LogP contribution in [0.2, 0.25) is 0 Å². The van der Waals surface area contributed by atoms with E-state index in [2.05, 4.69) is 5.32 Å². The minimum Gasteiger partial charge on any atom is -0.496 e. The summed E-state index contributed by atoms with van der Waals surface area (Å²) in [5.41, 5.74) is 1.61. The smallest absolute Gasteiger partial charge is 0.255 e. The third-order valence-electron chi connectivity index (χ3n) is 2.63. The highest BCUT2D eigenvalue weighted by molar-refractivity contribution is 5.96. The first kappa shape index (κ1) is 12.2. The Morgan fingerprint density at radius 2 is 2.17 bits per heavy atom. The van der Waals surface area contributed by atoms with Gasteiger partial charge in [-0.15, -0.1) is 0 Å². The van der Waals surface area contributed by atoms with E-state index < -0.39 is 0 Å².